The van der Waals surface area contributed by atoms with Crippen LogP contribution in [0.4, 0.5) is 0 Å². The lowest BCUT2D eigenvalue weighted by atomic mass is 10.1. The van der Waals surface area contributed by atoms with Crippen molar-refractivity contribution in [2.24, 2.45) is 0 Å². The summed E-state index contributed by atoms with van der Waals surface area (Å²) in [5.74, 6) is 2.39. The highest BCUT2D eigenvalue weighted by Crippen LogP contribution is 2.38. The van der Waals surface area contributed by atoms with Gasteiger partial charge in [0.15, 0.2) is 17.3 Å². The van der Waals surface area contributed by atoms with E-state index in [-0.39, 0.29) is 0 Å². The number of rotatable bonds is 3. The molecule has 2 heterocycles. The second-order valence-electron chi connectivity index (χ2n) is 4.18. The van der Waals surface area contributed by atoms with Crippen LogP contribution in [0, 0.1) is 0 Å². The quantitative estimate of drug-likeness (QED) is 0.831. The van der Waals surface area contributed by atoms with Crippen LogP contribution in [0.25, 0.3) is 11.4 Å². The van der Waals surface area contributed by atoms with Crippen LogP contribution in [-0.4, -0.2) is 28.0 Å². The summed E-state index contributed by atoms with van der Waals surface area (Å²) in [5.41, 5.74) is 0.943. The van der Waals surface area contributed by atoms with E-state index in [9.17, 15) is 0 Å². The second kappa shape index (κ2) is 4.68. The SMILES string of the molecule is CCCn1cnnc1-c1cccc2c1OCCO2. The Balaban J connectivity index is 2.08. The third kappa shape index (κ3) is 1.81. The first-order chi connectivity index (χ1) is 8.90. The van der Waals surface area contributed by atoms with Crippen LogP contribution in [0.1, 0.15) is 13.3 Å². The molecule has 0 fully saturated rings. The fourth-order valence-electron chi connectivity index (χ4n) is 2.12. The lowest BCUT2D eigenvalue weighted by Gasteiger charge is -2.20. The Morgan fingerprint density at radius 3 is 3.06 bits per heavy atom. The van der Waals surface area contributed by atoms with E-state index < -0.39 is 0 Å². The molecule has 94 valence electrons. The van der Waals surface area contributed by atoms with Gasteiger partial charge in [-0.3, -0.25) is 0 Å². The van der Waals surface area contributed by atoms with Gasteiger partial charge in [-0.1, -0.05) is 13.0 Å². The average molecular weight is 245 g/mol. The number of benzene rings is 1. The molecule has 0 aliphatic carbocycles. The van der Waals surface area contributed by atoms with Gasteiger partial charge in [0.1, 0.15) is 19.5 Å². The molecular formula is C13H15N3O2. The Labute approximate surface area is 105 Å². The number of nitrogens with zero attached hydrogens (tertiary/aromatic N) is 3. The van der Waals surface area contributed by atoms with Gasteiger partial charge in [-0.2, -0.15) is 0 Å². The number of ether oxygens (including phenoxy) is 2. The maximum absolute atomic E-state index is 5.71. The summed E-state index contributed by atoms with van der Waals surface area (Å²) >= 11 is 0. The molecule has 0 amide bonds. The van der Waals surface area contributed by atoms with Crippen LogP contribution in [-0.2, 0) is 6.54 Å². The van der Waals surface area contributed by atoms with Gasteiger partial charge in [0.2, 0.25) is 0 Å². The zero-order valence-corrected chi connectivity index (χ0v) is 10.3. The minimum atomic E-state index is 0.575. The Hall–Kier alpha value is -2.04. The van der Waals surface area contributed by atoms with Crippen LogP contribution >= 0.6 is 0 Å². The molecule has 18 heavy (non-hydrogen) atoms. The van der Waals surface area contributed by atoms with E-state index in [2.05, 4.69) is 17.1 Å². The fraction of sp³-hybridized carbons (Fsp3) is 0.385. The van der Waals surface area contributed by atoms with E-state index in [0.717, 1.165) is 35.9 Å². The van der Waals surface area contributed by atoms with Gasteiger partial charge in [0.05, 0.1) is 5.56 Å². The smallest absolute Gasteiger partial charge is 0.172 e. The average Bonchev–Trinajstić information content (AvgIpc) is 2.87. The number of hydrogen-bond donors (Lipinski definition) is 0. The van der Waals surface area contributed by atoms with Crippen LogP contribution in [0.5, 0.6) is 11.5 Å². The van der Waals surface area contributed by atoms with Crippen molar-refractivity contribution in [2.75, 3.05) is 13.2 Å². The van der Waals surface area contributed by atoms with Crippen LogP contribution in [0.15, 0.2) is 24.5 Å². The Kier molecular flexibility index (Phi) is 2.88. The highest BCUT2D eigenvalue weighted by atomic mass is 16.6. The molecule has 0 spiro atoms. The van der Waals surface area contributed by atoms with Gasteiger partial charge in [-0.25, -0.2) is 0 Å². The minimum absolute atomic E-state index is 0.575. The first-order valence-electron chi connectivity index (χ1n) is 6.17. The molecule has 0 saturated carbocycles. The topological polar surface area (TPSA) is 49.2 Å². The summed E-state index contributed by atoms with van der Waals surface area (Å²) in [7, 11) is 0. The predicted octanol–water partition coefficient (Wildman–Crippen LogP) is 2.13. The Morgan fingerprint density at radius 1 is 1.28 bits per heavy atom. The van der Waals surface area contributed by atoms with Gasteiger partial charge in [-0.05, 0) is 18.6 Å². The zero-order valence-electron chi connectivity index (χ0n) is 10.3. The molecule has 0 radical (unpaired) electrons. The van der Waals surface area contributed by atoms with Crippen molar-refractivity contribution in [3.8, 4) is 22.9 Å². The largest absolute Gasteiger partial charge is 0.486 e. The molecule has 1 aromatic heterocycles. The molecule has 1 aliphatic heterocycles. The van der Waals surface area contributed by atoms with E-state index in [1.807, 2.05) is 22.8 Å². The van der Waals surface area contributed by atoms with Crippen molar-refractivity contribution in [2.45, 2.75) is 19.9 Å². The van der Waals surface area contributed by atoms with Gasteiger partial charge < -0.3 is 14.0 Å². The summed E-state index contributed by atoms with van der Waals surface area (Å²) in [6.45, 7) is 4.20. The first kappa shape index (κ1) is 11.1. The molecule has 2 aromatic rings. The molecule has 0 atom stereocenters. The number of fused-ring (bicyclic) bond motifs is 1. The molecular weight excluding hydrogens is 230 g/mol. The number of aryl methyl sites for hydroxylation is 1. The van der Waals surface area contributed by atoms with Gasteiger partial charge >= 0.3 is 0 Å². The molecule has 1 aromatic carbocycles. The van der Waals surface area contributed by atoms with E-state index in [1.54, 1.807) is 6.33 Å². The van der Waals surface area contributed by atoms with E-state index in [0.29, 0.717) is 13.2 Å². The normalized spacial score (nSPS) is 13.6. The molecule has 3 rings (SSSR count). The standard InChI is InChI=1S/C13H15N3O2/c1-2-6-16-9-14-15-13(16)10-4-3-5-11-12(10)18-8-7-17-11/h3-5,9H,2,6-8H2,1H3. The maximum Gasteiger partial charge on any atom is 0.172 e. The third-order valence-electron chi connectivity index (χ3n) is 2.89. The highest BCUT2D eigenvalue weighted by molar-refractivity contribution is 5.69. The van der Waals surface area contributed by atoms with E-state index in [1.165, 1.54) is 0 Å². The maximum atomic E-state index is 5.71. The van der Waals surface area contributed by atoms with E-state index in [4.69, 9.17) is 9.47 Å². The van der Waals surface area contributed by atoms with Gasteiger partial charge in [0.25, 0.3) is 0 Å². The van der Waals surface area contributed by atoms with E-state index >= 15 is 0 Å². The second-order valence-corrected chi connectivity index (χ2v) is 4.18. The summed E-state index contributed by atoms with van der Waals surface area (Å²) in [4.78, 5) is 0. The minimum Gasteiger partial charge on any atom is -0.486 e. The van der Waals surface area contributed by atoms with Crippen LogP contribution in [0.2, 0.25) is 0 Å². The Morgan fingerprint density at radius 2 is 2.17 bits per heavy atom. The number of aromatic nitrogens is 3. The number of para-hydroxylation sites is 1. The van der Waals surface area contributed by atoms with Crippen molar-refractivity contribution in [3.63, 3.8) is 0 Å². The molecule has 5 heteroatoms. The van der Waals surface area contributed by atoms with Crippen molar-refractivity contribution < 1.29 is 9.47 Å². The zero-order chi connectivity index (χ0) is 12.4. The molecule has 0 saturated heterocycles. The summed E-state index contributed by atoms with van der Waals surface area (Å²) in [5, 5.41) is 8.17. The first-order valence-corrected chi connectivity index (χ1v) is 6.17. The summed E-state index contributed by atoms with van der Waals surface area (Å²) in [6.07, 6.45) is 2.79. The highest BCUT2D eigenvalue weighted by Gasteiger charge is 2.19. The van der Waals surface area contributed by atoms with Crippen molar-refractivity contribution in [1.29, 1.82) is 0 Å². The Bertz CT molecular complexity index is 551. The number of hydrogen-bond acceptors (Lipinski definition) is 4. The van der Waals surface area contributed by atoms with Crippen molar-refractivity contribution in [1.82, 2.24) is 14.8 Å². The molecule has 0 N–H and O–H groups in total. The van der Waals surface area contributed by atoms with Crippen LogP contribution in [0.3, 0.4) is 0 Å². The van der Waals surface area contributed by atoms with Crippen molar-refractivity contribution >= 4 is 0 Å². The van der Waals surface area contributed by atoms with Gasteiger partial charge in [-0.15, -0.1) is 10.2 Å². The summed E-state index contributed by atoms with van der Waals surface area (Å²) < 4.78 is 13.3. The monoisotopic (exact) mass is 245 g/mol. The summed E-state index contributed by atoms with van der Waals surface area (Å²) in [6, 6.07) is 5.86. The molecule has 5 nitrogen and oxygen atoms in total. The lowest BCUT2D eigenvalue weighted by Crippen LogP contribution is -2.16. The molecule has 0 bridgehead atoms. The van der Waals surface area contributed by atoms with Gasteiger partial charge in [0, 0.05) is 6.54 Å². The van der Waals surface area contributed by atoms with Crippen LogP contribution < -0.4 is 9.47 Å². The third-order valence-corrected chi connectivity index (χ3v) is 2.89. The molecule has 0 unspecified atom stereocenters. The molecule has 1 aliphatic rings. The fourth-order valence-corrected chi connectivity index (χ4v) is 2.12. The van der Waals surface area contributed by atoms with Crippen molar-refractivity contribution in [3.05, 3.63) is 24.5 Å². The predicted molar refractivity (Wildman–Crippen MR) is 66.7 cm³/mol. The lowest BCUT2D eigenvalue weighted by molar-refractivity contribution is 0.172.